The molecule has 0 radical (unpaired) electrons. The number of aryl methyl sites for hydroxylation is 1. The number of nitrogens with one attached hydrogen (secondary N) is 1. The van der Waals surface area contributed by atoms with Crippen LogP contribution in [-0.4, -0.2) is 55.1 Å². The summed E-state index contributed by atoms with van der Waals surface area (Å²) in [6, 6.07) is 23.2. The van der Waals surface area contributed by atoms with Gasteiger partial charge in [0.05, 0.1) is 4.90 Å². The van der Waals surface area contributed by atoms with Gasteiger partial charge in [-0.3, -0.25) is 9.59 Å². The van der Waals surface area contributed by atoms with Crippen LogP contribution < -0.4 is 5.32 Å². The van der Waals surface area contributed by atoms with Crippen molar-refractivity contribution in [2.24, 2.45) is 0 Å². The van der Waals surface area contributed by atoms with E-state index in [1.165, 1.54) is 4.31 Å². The molecule has 2 amide bonds. The number of hydrogen-bond donors (Lipinski definition) is 1. The van der Waals surface area contributed by atoms with Gasteiger partial charge in [-0.1, -0.05) is 86.0 Å². The third-order valence-electron chi connectivity index (χ3n) is 7.87. The van der Waals surface area contributed by atoms with Crippen molar-refractivity contribution in [2.45, 2.75) is 75.8 Å². The van der Waals surface area contributed by atoms with Gasteiger partial charge >= 0.3 is 0 Å². The lowest BCUT2D eigenvalue weighted by molar-refractivity contribution is -0.141. The van der Waals surface area contributed by atoms with Crippen LogP contribution in [0.15, 0.2) is 83.8 Å². The van der Waals surface area contributed by atoms with Gasteiger partial charge in [-0.15, -0.1) is 0 Å². The Kier molecular flexibility index (Phi) is 12.2. The van der Waals surface area contributed by atoms with Crippen molar-refractivity contribution < 1.29 is 18.0 Å². The van der Waals surface area contributed by atoms with Gasteiger partial charge in [0, 0.05) is 44.0 Å². The smallest absolute Gasteiger partial charge is 0.243 e. The van der Waals surface area contributed by atoms with Crippen molar-refractivity contribution in [2.75, 3.05) is 19.6 Å². The summed E-state index contributed by atoms with van der Waals surface area (Å²) in [7, 11) is -3.50. The molecule has 9 heteroatoms. The first-order chi connectivity index (χ1) is 20.8. The molecular formula is C34H42ClN3O4S. The number of carbonyl (C=O) groups excluding carboxylic acids is 2. The maximum Gasteiger partial charge on any atom is 0.243 e. The van der Waals surface area contributed by atoms with Crippen LogP contribution in [0.2, 0.25) is 5.02 Å². The Labute approximate surface area is 261 Å². The Morgan fingerprint density at radius 3 is 2.19 bits per heavy atom. The molecule has 1 fully saturated rings. The van der Waals surface area contributed by atoms with Gasteiger partial charge in [-0.2, -0.15) is 4.31 Å². The zero-order chi connectivity index (χ0) is 30.7. The fraction of sp³-hybridized carbons (Fsp3) is 0.412. The van der Waals surface area contributed by atoms with Gasteiger partial charge < -0.3 is 10.2 Å². The van der Waals surface area contributed by atoms with Gasteiger partial charge in [0.15, 0.2) is 0 Å². The Morgan fingerprint density at radius 1 is 0.884 bits per heavy atom. The Hall–Kier alpha value is -3.20. The van der Waals surface area contributed by atoms with Crippen LogP contribution in [0.1, 0.15) is 62.1 Å². The molecule has 0 aliphatic carbocycles. The van der Waals surface area contributed by atoms with Crippen molar-refractivity contribution >= 4 is 33.4 Å². The molecule has 230 valence electrons. The second kappa shape index (κ2) is 16.0. The van der Waals surface area contributed by atoms with Crippen molar-refractivity contribution in [1.82, 2.24) is 14.5 Å². The van der Waals surface area contributed by atoms with Crippen LogP contribution in [0.25, 0.3) is 0 Å². The molecule has 3 aromatic rings. The van der Waals surface area contributed by atoms with Gasteiger partial charge in [-0.25, -0.2) is 8.42 Å². The Morgan fingerprint density at radius 2 is 1.53 bits per heavy atom. The zero-order valence-corrected chi connectivity index (χ0v) is 26.5. The lowest BCUT2D eigenvalue weighted by Gasteiger charge is -2.32. The van der Waals surface area contributed by atoms with Crippen LogP contribution in [-0.2, 0) is 39.0 Å². The number of rotatable bonds is 15. The van der Waals surface area contributed by atoms with Crippen molar-refractivity contribution in [1.29, 1.82) is 0 Å². The number of sulfonamides is 1. The molecule has 1 atom stereocenters. The summed E-state index contributed by atoms with van der Waals surface area (Å²) in [6.45, 7) is 4.06. The SMILES string of the molecule is CCCCCNC(=O)[C@H](Cc1ccccc1)N(Cc1ccc(Cl)cc1)C(=O)CCc1ccc(S(=O)(=O)N2CCCC2)cc1. The molecule has 1 aliphatic rings. The lowest BCUT2D eigenvalue weighted by atomic mass is 10.0. The number of carbonyl (C=O) groups is 2. The maximum absolute atomic E-state index is 13.9. The summed E-state index contributed by atoms with van der Waals surface area (Å²) in [5, 5.41) is 3.67. The highest BCUT2D eigenvalue weighted by atomic mass is 35.5. The molecule has 0 bridgehead atoms. The van der Waals surface area contributed by atoms with Crippen LogP contribution in [0.4, 0.5) is 0 Å². The number of benzene rings is 3. The fourth-order valence-electron chi connectivity index (χ4n) is 5.35. The van der Waals surface area contributed by atoms with E-state index in [9.17, 15) is 18.0 Å². The maximum atomic E-state index is 13.9. The second-order valence-corrected chi connectivity index (χ2v) is 13.5. The van der Waals surface area contributed by atoms with Gasteiger partial charge in [0.1, 0.15) is 6.04 Å². The number of nitrogens with zero attached hydrogens (tertiary/aromatic N) is 2. The average Bonchev–Trinajstić information content (AvgIpc) is 3.58. The molecule has 4 rings (SSSR count). The average molecular weight is 624 g/mol. The quantitative estimate of drug-likeness (QED) is 0.210. The third-order valence-corrected chi connectivity index (χ3v) is 10.0. The molecular weight excluding hydrogens is 582 g/mol. The van der Waals surface area contributed by atoms with Crippen LogP contribution in [0.3, 0.4) is 0 Å². The Bertz CT molecular complexity index is 1420. The molecule has 0 saturated carbocycles. The number of unbranched alkanes of at least 4 members (excludes halogenated alkanes) is 2. The summed E-state index contributed by atoms with van der Waals surface area (Å²) >= 11 is 6.12. The Balaban J connectivity index is 1.53. The molecule has 0 unspecified atom stereocenters. The van der Waals surface area contributed by atoms with E-state index < -0.39 is 16.1 Å². The number of amides is 2. The molecule has 0 aromatic heterocycles. The summed E-state index contributed by atoms with van der Waals surface area (Å²) in [4.78, 5) is 29.5. The highest BCUT2D eigenvalue weighted by Crippen LogP contribution is 2.22. The molecule has 3 aromatic carbocycles. The first kappa shape index (κ1) is 32.7. The second-order valence-electron chi connectivity index (χ2n) is 11.1. The minimum absolute atomic E-state index is 0.145. The van der Waals surface area contributed by atoms with Gasteiger partial charge in [-0.05, 0) is 66.6 Å². The summed E-state index contributed by atoms with van der Waals surface area (Å²) in [5.74, 6) is -0.313. The normalized spacial score (nSPS) is 14.4. The largest absolute Gasteiger partial charge is 0.354 e. The summed E-state index contributed by atoms with van der Waals surface area (Å²) < 4.78 is 27.4. The standard InChI is InChI=1S/C34H42ClN3O4S/c1-2-3-7-22-36-34(40)32(25-28-10-5-4-6-11-28)38(26-29-12-17-30(35)18-13-29)33(39)21-16-27-14-19-31(20-15-27)43(41,42)37-23-8-9-24-37/h4-6,10-15,17-20,32H,2-3,7-9,16,21-26H2,1H3,(H,36,40)/t32-/m0/s1. The first-order valence-electron chi connectivity index (χ1n) is 15.2. The highest BCUT2D eigenvalue weighted by Gasteiger charge is 2.30. The van der Waals surface area contributed by atoms with Gasteiger partial charge in [0.25, 0.3) is 0 Å². The van der Waals surface area contributed by atoms with Crippen molar-refractivity contribution in [3.05, 3.63) is 101 Å². The van der Waals surface area contributed by atoms with E-state index in [2.05, 4.69) is 12.2 Å². The third kappa shape index (κ3) is 9.39. The molecule has 1 heterocycles. The van der Waals surface area contributed by atoms with E-state index in [-0.39, 0.29) is 29.7 Å². The molecule has 1 aliphatic heterocycles. The van der Waals surface area contributed by atoms with Crippen LogP contribution in [0.5, 0.6) is 0 Å². The van der Waals surface area contributed by atoms with Crippen LogP contribution >= 0.6 is 11.6 Å². The molecule has 7 nitrogen and oxygen atoms in total. The predicted octanol–water partition coefficient (Wildman–Crippen LogP) is 6.00. The monoisotopic (exact) mass is 623 g/mol. The number of halogens is 1. The van der Waals surface area contributed by atoms with E-state index in [1.807, 2.05) is 42.5 Å². The molecule has 1 saturated heterocycles. The van der Waals surface area contributed by atoms with Gasteiger partial charge in [0.2, 0.25) is 21.8 Å². The zero-order valence-electron chi connectivity index (χ0n) is 24.9. The number of hydrogen-bond acceptors (Lipinski definition) is 4. The van der Waals surface area contributed by atoms with Crippen molar-refractivity contribution in [3.8, 4) is 0 Å². The van der Waals surface area contributed by atoms with Crippen LogP contribution in [0, 0.1) is 0 Å². The van der Waals surface area contributed by atoms with E-state index in [0.29, 0.717) is 37.5 Å². The molecule has 0 spiro atoms. The highest BCUT2D eigenvalue weighted by molar-refractivity contribution is 7.89. The summed E-state index contributed by atoms with van der Waals surface area (Å²) in [6.07, 6.45) is 5.72. The summed E-state index contributed by atoms with van der Waals surface area (Å²) in [5.41, 5.74) is 2.72. The van der Waals surface area contributed by atoms with E-state index in [1.54, 1.807) is 41.3 Å². The lowest BCUT2D eigenvalue weighted by Crippen LogP contribution is -2.50. The predicted molar refractivity (Wildman–Crippen MR) is 171 cm³/mol. The first-order valence-corrected chi connectivity index (χ1v) is 17.0. The molecule has 1 N–H and O–H groups in total. The topological polar surface area (TPSA) is 86.8 Å². The van der Waals surface area contributed by atoms with E-state index in [4.69, 9.17) is 11.6 Å². The fourth-order valence-corrected chi connectivity index (χ4v) is 6.99. The minimum Gasteiger partial charge on any atom is -0.354 e. The minimum atomic E-state index is -3.50. The molecule has 43 heavy (non-hydrogen) atoms. The van der Waals surface area contributed by atoms with E-state index in [0.717, 1.165) is 48.8 Å². The van der Waals surface area contributed by atoms with E-state index >= 15 is 0 Å². The van der Waals surface area contributed by atoms with Crippen molar-refractivity contribution in [3.63, 3.8) is 0 Å².